The lowest BCUT2D eigenvalue weighted by Gasteiger charge is -2.05. The van der Waals surface area contributed by atoms with Crippen LogP contribution in [0.3, 0.4) is 0 Å². The van der Waals surface area contributed by atoms with E-state index < -0.39 is 0 Å². The van der Waals surface area contributed by atoms with Crippen molar-refractivity contribution in [1.29, 1.82) is 0 Å². The quantitative estimate of drug-likeness (QED) is 0.569. The first-order valence-electron chi connectivity index (χ1n) is 7.70. The van der Waals surface area contributed by atoms with Crippen molar-refractivity contribution in [2.45, 2.75) is 0 Å². The van der Waals surface area contributed by atoms with Crippen LogP contribution in [0.2, 0.25) is 0 Å². The van der Waals surface area contributed by atoms with E-state index in [0.29, 0.717) is 16.8 Å². The van der Waals surface area contributed by atoms with Gasteiger partial charge in [-0.15, -0.1) is 5.10 Å². The highest BCUT2D eigenvalue weighted by Crippen LogP contribution is 2.17. The predicted octanol–water partition coefficient (Wildman–Crippen LogP) is 4.42. The van der Waals surface area contributed by atoms with Crippen LogP contribution >= 0.6 is 0 Å². The fourth-order valence-electron chi connectivity index (χ4n) is 2.44. The van der Waals surface area contributed by atoms with E-state index in [4.69, 9.17) is 9.40 Å². The van der Waals surface area contributed by atoms with Crippen LogP contribution in [0.1, 0.15) is 0 Å². The number of hydrogen-bond donors (Lipinski definition) is 1. The van der Waals surface area contributed by atoms with Gasteiger partial charge in [0.25, 0.3) is 5.55 Å². The first-order valence-corrected chi connectivity index (χ1v) is 7.70. The lowest BCUT2D eigenvalue weighted by Crippen LogP contribution is -2.11. The van der Waals surface area contributed by atoms with E-state index in [9.17, 15) is 0 Å². The number of benzene rings is 3. The number of nitrogens with one attached hydrogen (secondary N) is 1. The summed E-state index contributed by atoms with van der Waals surface area (Å²) < 4.78 is 5.98. The summed E-state index contributed by atoms with van der Waals surface area (Å²) in [7, 11) is 0. The summed E-state index contributed by atoms with van der Waals surface area (Å²) in [5.41, 5.74) is 7.53. The van der Waals surface area contributed by atoms with Crippen molar-refractivity contribution in [3.05, 3.63) is 90.5 Å². The molecule has 116 valence electrons. The zero-order valence-electron chi connectivity index (χ0n) is 12.9. The van der Waals surface area contributed by atoms with Gasteiger partial charge in [0.15, 0.2) is 5.58 Å². The number of aromatic nitrogens is 1. The van der Waals surface area contributed by atoms with Crippen LogP contribution in [0.25, 0.3) is 22.4 Å². The largest absolute Gasteiger partial charge is 0.434 e. The summed E-state index contributed by atoms with van der Waals surface area (Å²) in [4.78, 5) is 4.73. The average Bonchev–Trinajstić information content (AvgIpc) is 2.67. The van der Waals surface area contributed by atoms with Crippen molar-refractivity contribution >= 4 is 16.8 Å². The summed E-state index contributed by atoms with van der Waals surface area (Å²) >= 11 is 0. The van der Waals surface area contributed by atoms with Crippen LogP contribution in [-0.2, 0) is 0 Å². The Morgan fingerprint density at radius 2 is 1.42 bits per heavy atom. The van der Waals surface area contributed by atoms with Crippen molar-refractivity contribution in [3.63, 3.8) is 0 Å². The lowest BCUT2D eigenvalue weighted by atomic mass is 10.1. The average molecular weight is 313 g/mol. The second-order valence-electron chi connectivity index (χ2n) is 5.29. The van der Waals surface area contributed by atoms with Crippen LogP contribution in [0, 0.1) is 0 Å². The molecule has 4 heteroatoms. The van der Waals surface area contributed by atoms with Gasteiger partial charge in [0.2, 0.25) is 0 Å². The Kier molecular flexibility index (Phi) is 3.78. The number of fused-ring (bicyclic) bond motifs is 1. The molecule has 0 aliphatic heterocycles. The number of anilines is 1. The Labute approximate surface area is 139 Å². The third-order valence-corrected chi connectivity index (χ3v) is 3.61. The lowest BCUT2D eigenvalue weighted by molar-refractivity contribution is 0.538. The third kappa shape index (κ3) is 2.90. The van der Waals surface area contributed by atoms with Gasteiger partial charge in [-0.05, 0) is 24.3 Å². The van der Waals surface area contributed by atoms with Crippen LogP contribution in [0.15, 0.2) is 94.4 Å². The Hall–Kier alpha value is -3.40. The van der Waals surface area contributed by atoms with Crippen LogP contribution < -0.4 is 11.0 Å². The minimum absolute atomic E-state index is 0.448. The minimum Gasteiger partial charge on any atom is -0.434 e. The maximum absolute atomic E-state index is 5.98. The third-order valence-electron chi connectivity index (χ3n) is 3.61. The van der Waals surface area contributed by atoms with Crippen molar-refractivity contribution in [2.24, 2.45) is 5.10 Å². The molecule has 0 aliphatic carbocycles. The minimum atomic E-state index is 0.448. The van der Waals surface area contributed by atoms with E-state index in [-0.39, 0.29) is 0 Å². The SMILES string of the molecule is c1ccc(N/N=c2/oc3ccccc3nc2-c2ccccc2)cc1. The van der Waals surface area contributed by atoms with E-state index in [1.54, 1.807) is 0 Å². The Morgan fingerprint density at radius 3 is 2.21 bits per heavy atom. The Bertz CT molecular complexity index is 1020. The fraction of sp³-hybridized carbons (Fsp3) is 0. The van der Waals surface area contributed by atoms with Gasteiger partial charge in [-0.1, -0.05) is 60.7 Å². The molecule has 0 fully saturated rings. The molecule has 0 unspecified atom stereocenters. The molecule has 4 nitrogen and oxygen atoms in total. The summed E-state index contributed by atoms with van der Waals surface area (Å²) in [5, 5.41) is 4.42. The van der Waals surface area contributed by atoms with Gasteiger partial charge in [-0.3, -0.25) is 5.43 Å². The molecular formula is C20H15N3O. The van der Waals surface area contributed by atoms with E-state index in [2.05, 4.69) is 10.5 Å². The van der Waals surface area contributed by atoms with Gasteiger partial charge < -0.3 is 4.42 Å². The molecule has 3 aromatic carbocycles. The molecule has 4 aromatic rings. The first-order chi connectivity index (χ1) is 11.9. The molecule has 0 saturated heterocycles. The summed E-state index contributed by atoms with van der Waals surface area (Å²) in [6, 6.07) is 27.3. The van der Waals surface area contributed by atoms with Gasteiger partial charge in [-0.2, -0.15) is 0 Å². The highest BCUT2D eigenvalue weighted by Gasteiger charge is 2.07. The molecular weight excluding hydrogens is 298 g/mol. The summed E-state index contributed by atoms with van der Waals surface area (Å²) in [6.45, 7) is 0. The normalized spacial score (nSPS) is 11.6. The molecule has 0 radical (unpaired) electrons. The smallest absolute Gasteiger partial charge is 0.263 e. The molecule has 1 aromatic heterocycles. The molecule has 1 N–H and O–H groups in total. The number of para-hydroxylation sites is 3. The van der Waals surface area contributed by atoms with Gasteiger partial charge in [-0.25, -0.2) is 4.98 Å². The van der Waals surface area contributed by atoms with E-state index in [1.165, 1.54) is 0 Å². The maximum Gasteiger partial charge on any atom is 0.263 e. The Balaban J connectivity index is 1.88. The maximum atomic E-state index is 5.98. The monoisotopic (exact) mass is 313 g/mol. The highest BCUT2D eigenvalue weighted by atomic mass is 16.3. The second kappa shape index (κ2) is 6.38. The van der Waals surface area contributed by atoms with E-state index in [1.807, 2.05) is 84.9 Å². The van der Waals surface area contributed by atoms with Crippen LogP contribution in [0.4, 0.5) is 5.69 Å². The van der Waals surface area contributed by atoms with Crippen molar-refractivity contribution < 1.29 is 4.42 Å². The second-order valence-corrected chi connectivity index (χ2v) is 5.29. The zero-order valence-corrected chi connectivity index (χ0v) is 12.9. The molecule has 0 amide bonds. The molecule has 1 heterocycles. The molecule has 0 bridgehead atoms. The first kappa shape index (κ1) is 14.2. The summed E-state index contributed by atoms with van der Waals surface area (Å²) in [6.07, 6.45) is 0. The van der Waals surface area contributed by atoms with Crippen molar-refractivity contribution in [3.8, 4) is 11.3 Å². The standard InChI is InChI=1S/C20H15N3O/c1-3-9-15(10-4-1)19-20(23-22-16-11-5-2-6-12-16)24-18-14-8-7-13-17(18)21-19/h1-14,22H/b23-20+. The molecule has 4 rings (SSSR count). The van der Waals surface area contributed by atoms with Gasteiger partial charge in [0.05, 0.1) is 5.69 Å². The molecule has 0 spiro atoms. The van der Waals surface area contributed by atoms with Crippen LogP contribution in [0.5, 0.6) is 0 Å². The Morgan fingerprint density at radius 1 is 0.750 bits per heavy atom. The number of rotatable bonds is 3. The molecule has 0 aliphatic rings. The predicted molar refractivity (Wildman–Crippen MR) is 95.1 cm³/mol. The number of hydrogen-bond acceptors (Lipinski definition) is 4. The zero-order chi connectivity index (χ0) is 16.2. The highest BCUT2D eigenvalue weighted by molar-refractivity contribution is 5.74. The van der Waals surface area contributed by atoms with Gasteiger partial charge >= 0.3 is 0 Å². The molecule has 24 heavy (non-hydrogen) atoms. The number of nitrogens with zero attached hydrogens (tertiary/aromatic N) is 2. The van der Waals surface area contributed by atoms with Gasteiger partial charge in [0, 0.05) is 5.56 Å². The topological polar surface area (TPSA) is 50.4 Å². The van der Waals surface area contributed by atoms with Gasteiger partial charge in [0.1, 0.15) is 11.2 Å². The molecule has 0 atom stereocenters. The fourth-order valence-corrected chi connectivity index (χ4v) is 2.44. The van der Waals surface area contributed by atoms with Crippen LogP contribution in [-0.4, -0.2) is 4.98 Å². The van der Waals surface area contributed by atoms with E-state index >= 15 is 0 Å². The summed E-state index contributed by atoms with van der Waals surface area (Å²) in [5.74, 6) is 0. The molecule has 0 saturated carbocycles. The van der Waals surface area contributed by atoms with Crippen molar-refractivity contribution in [1.82, 2.24) is 4.98 Å². The van der Waals surface area contributed by atoms with E-state index in [0.717, 1.165) is 16.8 Å². The van der Waals surface area contributed by atoms with Crippen molar-refractivity contribution in [2.75, 3.05) is 5.43 Å².